The summed E-state index contributed by atoms with van der Waals surface area (Å²) in [6, 6.07) is 11.3. The summed E-state index contributed by atoms with van der Waals surface area (Å²) in [4.78, 5) is 0. The molecule has 0 spiro atoms. The van der Waals surface area contributed by atoms with Crippen LogP contribution in [0.4, 0.5) is 0 Å². The normalized spacial score (nSPS) is 10.4. The fraction of sp³-hybridized carbons (Fsp3) is 0.455. The van der Waals surface area contributed by atoms with Gasteiger partial charge in [0.1, 0.15) is 0 Å². The Labute approximate surface area is 113 Å². The van der Waals surface area contributed by atoms with Gasteiger partial charge in [-0.2, -0.15) is 42.1 Å². The topological polar surface area (TPSA) is 0 Å². The van der Waals surface area contributed by atoms with Gasteiger partial charge in [-0.3, -0.25) is 0 Å². The molecule has 0 aliphatic rings. The fourth-order valence-corrected chi connectivity index (χ4v) is 1.60. The third kappa shape index (κ3) is 8.29. The molecule has 1 aromatic rings. The molecule has 0 radical (unpaired) electrons. The molecule has 0 fully saturated rings. The minimum atomic E-state index is 0.357. The first-order valence-corrected chi connectivity index (χ1v) is 9.90. The number of thioether (sulfide) groups is 1. The molecule has 0 saturated carbocycles. The van der Waals surface area contributed by atoms with E-state index in [9.17, 15) is 0 Å². The molecule has 82 valence electrons. The molecule has 0 N–H and O–H groups in total. The van der Waals surface area contributed by atoms with Crippen molar-refractivity contribution in [1.29, 1.82) is 0 Å². The van der Waals surface area contributed by atoms with E-state index in [1.165, 1.54) is 5.56 Å². The van der Waals surface area contributed by atoms with Crippen LogP contribution in [0.15, 0.2) is 24.3 Å². The number of halogens is 1. The molecule has 1 aromatic carbocycles. The van der Waals surface area contributed by atoms with Crippen LogP contribution in [-0.2, 0) is 21.3 Å². The van der Waals surface area contributed by atoms with Crippen molar-refractivity contribution in [2.45, 2.75) is 31.3 Å². The predicted molar refractivity (Wildman–Crippen MR) is 70.3 cm³/mol. The Kier molecular flexibility index (Phi) is 8.71. The third-order valence-electron chi connectivity index (χ3n) is 1.44. The van der Waals surface area contributed by atoms with Crippen LogP contribution in [0.1, 0.15) is 26.3 Å². The summed E-state index contributed by atoms with van der Waals surface area (Å²) in [5.41, 5.74) is 1.36. The zero-order chi connectivity index (χ0) is 11.0. The Balaban J connectivity index is 0.000000791. The van der Waals surface area contributed by atoms with Gasteiger partial charge in [0.05, 0.1) is 0 Å². The maximum atomic E-state index is 3.08. The van der Waals surface area contributed by atoms with E-state index in [0.29, 0.717) is 4.75 Å². The average Bonchev–Trinajstić information content (AvgIpc) is 2.19. The van der Waals surface area contributed by atoms with Crippen LogP contribution in [0.25, 0.3) is 0 Å². The van der Waals surface area contributed by atoms with Gasteiger partial charge in [-0.15, -0.1) is 5.56 Å². The van der Waals surface area contributed by atoms with E-state index < -0.39 is 0 Å². The monoisotopic (exact) mass is 412 g/mol. The van der Waals surface area contributed by atoms with Crippen molar-refractivity contribution in [2.75, 3.05) is 0 Å². The molecule has 0 aliphatic carbocycles. The molecule has 0 saturated heterocycles. The molecule has 0 bridgehead atoms. The van der Waals surface area contributed by atoms with Crippen molar-refractivity contribution < 1.29 is 15.6 Å². The first-order valence-electron chi connectivity index (χ1n) is 4.29. The summed E-state index contributed by atoms with van der Waals surface area (Å²) < 4.78 is 0.357. The third-order valence-corrected chi connectivity index (χ3v) is 2.79. The Morgan fingerprint density at radius 1 is 1.43 bits per heavy atom. The number of hydrogen-bond acceptors (Lipinski definition) is 1. The molecule has 0 nitrogen and oxygen atoms in total. The summed E-state index contributed by atoms with van der Waals surface area (Å²) in [6.45, 7) is 6.72. The average molecular weight is 413 g/mol. The van der Waals surface area contributed by atoms with Crippen molar-refractivity contribution in [1.82, 2.24) is 0 Å². The minimum absolute atomic E-state index is 0.357. The second-order valence-electron chi connectivity index (χ2n) is 3.81. The predicted octanol–water partition coefficient (Wildman–Crippen LogP) is 4.40. The van der Waals surface area contributed by atoms with Gasteiger partial charge in [-0.1, -0.05) is 20.8 Å². The van der Waals surface area contributed by atoms with Crippen LogP contribution in [0.2, 0.25) is 0 Å². The Hall–Kier alpha value is 0.962. The van der Waals surface area contributed by atoms with Gasteiger partial charge < -0.3 is 0 Å². The zero-order valence-electron chi connectivity index (χ0n) is 8.62. The van der Waals surface area contributed by atoms with Crippen LogP contribution < -0.4 is 0 Å². The number of rotatable bonds is 2. The van der Waals surface area contributed by atoms with E-state index in [1.807, 2.05) is 43.4 Å². The van der Waals surface area contributed by atoms with E-state index >= 15 is 0 Å². The van der Waals surface area contributed by atoms with Crippen molar-refractivity contribution in [3.8, 4) is 0 Å². The van der Waals surface area contributed by atoms with Gasteiger partial charge in [-0.05, 0) is 5.75 Å². The fourth-order valence-electron chi connectivity index (χ4n) is 0.820. The van der Waals surface area contributed by atoms with E-state index in [1.54, 1.807) is 0 Å². The molecule has 0 amide bonds. The summed E-state index contributed by atoms with van der Waals surface area (Å²) >= 11 is 6.69. The van der Waals surface area contributed by atoms with Gasteiger partial charge in [0.2, 0.25) is 0 Å². The Bertz CT molecular complexity index is 231. The molecule has 0 aromatic heterocycles. The van der Waals surface area contributed by atoms with Crippen molar-refractivity contribution >= 4 is 31.3 Å². The molecule has 0 atom stereocenters. The van der Waals surface area contributed by atoms with Crippen LogP contribution in [0, 0.1) is 6.07 Å². The van der Waals surface area contributed by atoms with Gasteiger partial charge in [0.15, 0.2) is 0 Å². The molecule has 1 rings (SSSR count). The first-order chi connectivity index (χ1) is 6.58. The summed E-state index contributed by atoms with van der Waals surface area (Å²) in [7, 11) is 0. The van der Waals surface area contributed by atoms with Crippen molar-refractivity contribution in [3.63, 3.8) is 0 Å². The molecule has 0 unspecified atom stereocenters. The number of hydrogen-bond donors (Lipinski definition) is 0. The van der Waals surface area contributed by atoms with Crippen LogP contribution in [0.5, 0.6) is 0 Å². The van der Waals surface area contributed by atoms with Gasteiger partial charge in [-0.25, -0.2) is 0 Å². The van der Waals surface area contributed by atoms with E-state index in [-0.39, 0.29) is 0 Å². The van der Waals surface area contributed by atoms with E-state index in [0.717, 1.165) is 5.75 Å². The number of benzene rings is 1. The molecular weight excluding hydrogens is 398 g/mol. The second kappa shape index (κ2) is 8.15. The molecule has 0 aliphatic heterocycles. The van der Waals surface area contributed by atoms with Gasteiger partial charge >= 0.3 is 35.1 Å². The second-order valence-corrected chi connectivity index (χ2v) is 5.61. The van der Waals surface area contributed by atoms with E-state index in [4.69, 9.17) is 0 Å². The van der Waals surface area contributed by atoms with Crippen LogP contribution in [-0.4, -0.2) is 4.75 Å². The molecular formula is C11H15IPdS. The summed E-state index contributed by atoms with van der Waals surface area (Å²) in [5.74, 6) is 1.08. The summed E-state index contributed by atoms with van der Waals surface area (Å²) in [6.07, 6.45) is 0. The Morgan fingerprint density at radius 2 is 2.07 bits per heavy atom. The molecule has 3 heteroatoms. The standard InChI is InChI=1S/C11H15S.HI.Pd/c1-11(2,3)12-9-10-7-5-4-6-8-10;;/h4-5,7-8H,9H2,1-3H3;1H;/q-1;;+2/p-1. The molecule has 14 heavy (non-hydrogen) atoms. The Morgan fingerprint density at radius 3 is 2.50 bits per heavy atom. The van der Waals surface area contributed by atoms with Crippen molar-refractivity contribution in [3.05, 3.63) is 35.9 Å². The zero-order valence-corrected chi connectivity index (χ0v) is 13.1. The molecule has 0 heterocycles. The first kappa shape index (κ1) is 15.0. The van der Waals surface area contributed by atoms with Crippen LogP contribution >= 0.6 is 31.3 Å². The van der Waals surface area contributed by atoms with Crippen molar-refractivity contribution in [2.24, 2.45) is 0 Å². The van der Waals surface area contributed by atoms with E-state index in [2.05, 4.69) is 54.6 Å². The SMILES string of the molecule is CC(C)(C)SCc1c[c-]ccc1.[Pd+][I]. The van der Waals surface area contributed by atoms with Gasteiger partial charge in [0, 0.05) is 4.75 Å². The summed E-state index contributed by atoms with van der Waals surface area (Å²) in [5, 5.41) is 0. The van der Waals surface area contributed by atoms with Gasteiger partial charge in [0.25, 0.3) is 0 Å². The van der Waals surface area contributed by atoms with Crippen LogP contribution in [0.3, 0.4) is 0 Å². The maximum absolute atomic E-state index is 3.08. The quantitative estimate of drug-likeness (QED) is 0.394.